The lowest BCUT2D eigenvalue weighted by Gasteiger charge is -2.26. The van der Waals surface area contributed by atoms with Gasteiger partial charge < -0.3 is 19.3 Å². The molecule has 2 N–H and O–H groups in total. The third-order valence-corrected chi connectivity index (χ3v) is 7.34. The molecule has 1 aliphatic heterocycles. The molecule has 3 heterocycles. The fourth-order valence-corrected chi connectivity index (χ4v) is 4.95. The van der Waals surface area contributed by atoms with Gasteiger partial charge in [0.2, 0.25) is 0 Å². The molecule has 0 atom stereocenters. The Labute approximate surface area is 243 Å². The lowest BCUT2D eigenvalue weighted by molar-refractivity contribution is 0.0322. The van der Waals surface area contributed by atoms with E-state index in [4.69, 9.17) is 14.0 Å². The second kappa shape index (κ2) is 12.8. The van der Waals surface area contributed by atoms with E-state index >= 15 is 0 Å². The van der Waals surface area contributed by atoms with Crippen LogP contribution < -0.4 is 15.4 Å². The summed E-state index contributed by atoms with van der Waals surface area (Å²) in [4.78, 5) is 14.8. The quantitative estimate of drug-likeness (QED) is 0.256. The van der Waals surface area contributed by atoms with Crippen LogP contribution in [0, 0.1) is 0 Å². The molecular formula is C29H35N7O4S. The van der Waals surface area contributed by atoms with Crippen LogP contribution in [-0.4, -0.2) is 76.8 Å². The van der Waals surface area contributed by atoms with Crippen molar-refractivity contribution in [1.82, 2.24) is 25.1 Å². The summed E-state index contributed by atoms with van der Waals surface area (Å²) in [6.45, 7) is 11.0. The van der Waals surface area contributed by atoms with Gasteiger partial charge in [0.05, 0.1) is 18.9 Å². The van der Waals surface area contributed by atoms with Crippen molar-refractivity contribution < 1.29 is 18.8 Å². The standard InChI is InChI=1S/C29H35N7O4S/c1-29(2,3)24-19-25(33-40-24)31-28(37)30-21-7-5-20(6-8-21)26-27(41-4)36(34-32-26)22-9-11-23(12-10-22)39-18-15-35-13-16-38-17-14-35/h5-12,19H,13-18H2,1-4H3,(H2,30,31,33,37). The summed E-state index contributed by atoms with van der Waals surface area (Å²) in [6.07, 6.45) is 2.00. The predicted octanol–water partition coefficient (Wildman–Crippen LogP) is 5.30. The van der Waals surface area contributed by atoms with Crippen LogP contribution in [0.25, 0.3) is 16.9 Å². The van der Waals surface area contributed by atoms with Gasteiger partial charge in [0.1, 0.15) is 28.8 Å². The number of thioether (sulfide) groups is 1. The summed E-state index contributed by atoms with van der Waals surface area (Å²) in [5.41, 5.74) is 2.98. The molecular weight excluding hydrogens is 542 g/mol. The number of amides is 2. The van der Waals surface area contributed by atoms with Gasteiger partial charge in [-0.25, -0.2) is 9.48 Å². The molecule has 1 fully saturated rings. The molecule has 2 amide bonds. The van der Waals surface area contributed by atoms with Crippen LogP contribution in [0.1, 0.15) is 26.5 Å². The maximum Gasteiger partial charge on any atom is 0.324 e. The predicted molar refractivity (Wildman–Crippen MR) is 159 cm³/mol. The molecule has 12 heteroatoms. The highest BCUT2D eigenvalue weighted by molar-refractivity contribution is 7.98. The number of benzene rings is 2. The average Bonchev–Trinajstić information content (AvgIpc) is 3.62. The van der Waals surface area contributed by atoms with Crippen LogP contribution in [0.15, 0.2) is 64.1 Å². The van der Waals surface area contributed by atoms with Crippen LogP contribution >= 0.6 is 11.8 Å². The zero-order valence-electron chi connectivity index (χ0n) is 23.7. The van der Waals surface area contributed by atoms with E-state index < -0.39 is 6.03 Å². The van der Waals surface area contributed by atoms with Crippen LogP contribution in [0.4, 0.5) is 16.3 Å². The highest BCUT2D eigenvalue weighted by Gasteiger charge is 2.21. The Morgan fingerprint density at radius 2 is 1.78 bits per heavy atom. The summed E-state index contributed by atoms with van der Waals surface area (Å²) in [7, 11) is 0. The Bertz CT molecular complexity index is 1440. The summed E-state index contributed by atoms with van der Waals surface area (Å²) in [5.74, 6) is 1.87. The van der Waals surface area contributed by atoms with Gasteiger partial charge in [-0.05, 0) is 42.7 Å². The van der Waals surface area contributed by atoms with E-state index in [1.54, 1.807) is 17.8 Å². The second-order valence-corrected chi connectivity index (χ2v) is 11.4. The van der Waals surface area contributed by atoms with Gasteiger partial charge in [-0.3, -0.25) is 10.2 Å². The third kappa shape index (κ3) is 7.26. The number of aromatic nitrogens is 4. The molecule has 2 aromatic carbocycles. The van der Waals surface area contributed by atoms with E-state index in [2.05, 4.69) is 31.0 Å². The van der Waals surface area contributed by atoms with Crippen molar-refractivity contribution in [1.29, 1.82) is 0 Å². The molecule has 1 saturated heterocycles. The molecule has 0 radical (unpaired) electrons. The van der Waals surface area contributed by atoms with Crippen molar-refractivity contribution in [3.8, 4) is 22.7 Å². The number of ether oxygens (including phenoxy) is 2. The monoisotopic (exact) mass is 577 g/mol. The number of carbonyl (C=O) groups is 1. The zero-order chi connectivity index (χ0) is 28.8. The number of urea groups is 1. The van der Waals surface area contributed by atoms with Crippen molar-refractivity contribution in [3.63, 3.8) is 0 Å². The normalized spacial score (nSPS) is 14.1. The number of nitrogens with zero attached hydrogens (tertiary/aromatic N) is 5. The Kier molecular flexibility index (Phi) is 8.91. The van der Waals surface area contributed by atoms with Crippen LogP contribution in [0.2, 0.25) is 0 Å². The number of rotatable bonds is 9. The number of morpholine rings is 1. The summed E-state index contributed by atoms with van der Waals surface area (Å²) < 4.78 is 18.5. The van der Waals surface area contributed by atoms with E-state index in [0.717, 1.165) is 60.6 Å². The first-order chi connectivity index (χ1) is 19.8. The maximum atomic E-state index is 12.5. The molecule has 216 valence electrons. The molecule has 0 spiro atoms. The molecule has 1 aliphatic rings. The molecule has 41 heavy (non-hydrogen) atoms. The minimum Gasteiger partial charge on any atom is -0.492 e. The molecule has 0 unspecified atom stereocenters. The van der Waals surface area contributed by atoms with E-state index in [1.807, 2.05) is 80.2 Å². The van der Waals surface area contributed by atoms with Crippen LogP contribution in [-0.2, 0) is 10.2 Å². The largest absolute Gasteiger partial charge is 0.492 e. The Morgan fingerprint density at radius 1 is 1.05 bits per heavy atom. The van der Waals surface area contributed by atoms with E-state index in [9.17, 15) is 4.79 Å². The Balaban J connectivity index is 1.19. The number of hydrogen-bond donors (Lipinski definition) is 2. The van der Waals surface area contributed by atoms with Gasteiger partial charge >= 0.3 is 6.03 Å². The zero-order valence-corrected chi connectivity index (χ0v) is 24.5. The van der Waals surface area contributed by atoms with E-state index in [1.165, 1.54) is 0 Å². The lowest BCUT2D eigenvalue weighted by atomic mass is 9.93. The third-order valence-electron chi connectivity index (χ3n) is 6.59. The van der Waals surface area contributed by atoms with Crippen molar-refractivity contribution >= 4 is 29.3 Å². The van der Waals surface area contributed by atoms with E-state index in [0.29, 0.717) is 23.9 Å². The Morgan fingerprint density at radius 3 is 2.44 bits per heavy atom. The van der Waals surface area contributed by atoms with Crippen LogP contribution in [0.3, 0.4) is 0 Å². The van der Waals surface area contributed by atoms with E-state index in [-0.39, 0.29) is 5.41 Å². The topological polar surface area (TPSA) is 120 Å². The van der Waals surface area contributed by atoms with Gasteiger partial charge in [0.25, 0.3) is 0 Å². The van der Waals surface area contributed by atoms with Gasteiger partial charge in [-0.15, -0.1) is 16.9 Å². The van der Waals surface area contributed by atoms with Gasteiger partial charge in [-0.2, -0.15) is 0 Å². The molecule has 2 aromatic heterocycles. The van der Waals surface area contributed by atoms with Crippen molar-refractivity contribution in [2.75, 3.05) is 56.3 Å². The first-order valence-electron chi connectivity index (χ1n) is 13.5. The highest BCUT2D eigenvalue weighted by atomic mass is 32.2. The molecule has 0 saturated carbocycles. The highest BCUT2D eigenvalue weighted by Crippen LogP contribution is 2.31. The lowest BCUT2D eigenvalue weighted by Crippen LogP contribution is -2.38. The number of carbonyl (C=O) groups excluding carboxylic acids is 1. The van der Waals surface area contributed by atoms with Gasteiger partial charge in [0, 0.05) is 42.4 Å². The fraction of sp³-hybridized carbons (Fsp3) is 0.379. The number of nitrogens with one attached hydrogen (secondary N) is 2. The second-order valence-electron chi connectivity index (χ2n) is 10.6. The average molecular weight is 578 g/mol. The number of anilines is 2. The molecule has 0 aliphatic carbocycles. The molecule has 11 nitrogen and oxygen atoms in total. The Hall–Kier alpha value is -3.87. The van der Waals surface area contributed by atoms with Crippen molar-refractivity contribution in [2.45, 2.75) is 31.2 Å². The maximum absolute atomic E-state index is 12.5. The first-order valence-corrected chi connectivity index (χ1v) is 14.7. The van der Waals surface area contributed by atoms with Gasteiger partial charge in [-0.1, -0.05) is 43.3 Å². The summed E-state index contributed by atoms with van der Waals surface area (Å²) in [5, 5.41) is 19.2. The minimum atomic E-state index is -0.407. The van der Waals surface area contributed by atoms with Crippen molar-refractivity contribution in [3.05, 3.63) is 60.4 Å². The summed E-state index contributed by atoms with van der Waals surface area (Å²) >= 11 is 1.57. The number of hydrogen-bond acceptors (Lipinski definition) is 9. The fourth-order valence-electron chi connectivity index (χ4n) is 4.28. The molecule has 5 rings (SSSR count). The molecule has 4 aromatic rings. The van der Waals surface area contributed by atoms with Crippen LogP contribution in [0.5, 0.6) is 5.75 Å². The molecule has 0 bridgehead atoms. The first kappa shape index (κ1) is 28.7. The minimum absolute atomic E-state index is 0.197. The smallest absolute Gasteiger partial charge is 0.324 e. The van der Waals surface area contributed by atoms with Gasteiger partial charge in [0.15, 0.2) is 5.82 Å². The SMILES string of the molecule is CSc1c(-c2ccc(NC(=O)Nc3cc(C(C)(C)C)on3)cc2)nnn1-c1ccc(OCCN2CCOCC2)cc1. The van der Waals surface area contributed by atoms with Crippen molar-refractivity contribution in [2.24, 2.45) is 0 Å². The summed E-state index contributed by atoms with van der Waals surface area (Å²) in [6, 6.07) is 16.6.